The Morgan fingerprint density at radius 2 is 1.97 bits per heavy atom. The molecule has 3 aromatic rings. The molecule has 1 fully saturated rings. The van der Waals surface area contributed by atoms with E-state index in [4.69, 9.17) is 13.9 Å². The Hall–Kier alpha value is -3.55. The van der Waals surface area contributed by atoms with Crippen LogP contribution in [0.2, 0.25) is 0 Å². The number of hydrogen-bond acceptors (Lipinski definition) is 6. The van der Waals surface area contributed by atoms with Gasteiger partial charge in [0.25, 0.3) is 11.5 Å². The van der Waals surface area contributed by atoms with Crippen molar-refractivity contribution in [2.45, 2.75) is 25.4 Å². The first kappa shape index (κ1) is 18.5. The monoisotopic (exact) mass is 407 g/mol. The van der Waals surface area contributed by atoms with Gasteiger partial charge in [-0.3, -0.25) is 9.59 Å². The van der Waals surface area contributed by atoms with Crippen LogP contribution in [0.5, 0.6) is 11.5 Å². The molecule has 0 bridgehead atoms. The number of furan rings is 1. The molecule has 2 aliphatic heterocycles. The van der Waals surface area contributed by atoms with Crippen molar-refractivity contribution in [3.8, 4) is 22.8 Å². The van der Waals surface area contributed by atoms with Crippen molar-refractivity contribution in [3.05, 3.63) is 64.8 Å². The quantitative estimate of drug-likeness (QED) is 0.661. The lowest BCUT2D eigenvalue weighted by Gasteiger charge is -2.24. The molecule has 0 radical (unpaired) electrons. The van der Waals surface area contributed by atoms with Gasteiger partial charge in [0.1, 0.15) is 13.2 Å². The molecular formula is C22H21N3O5. The minimum Gasteiger partial charge on any atom is -0.486 e. The molecule has 8 nitrogen and oxygen atoms in total. The minimum absolute atomic E-state index is 0.108. The van der Waals surface area contributed by atoms with Crippen LogP contribution in [0.4, 0.5) is 0 Å². The average Bonchev–Trinajstić information content (AvgIpc) is 3.47. The molecule has 0 N–H and O–H groups in total. The zero-order valence-electron chi connectivity index (χ0n) is 16.3. The van der Waals surface area contributed by atoms with Gasteiger partial charge in [-0.1, -0.05) is 0 Å². The first-order valence-electron chi connectivity index (χ1n) is 10.0. The summed E-state index contributed by atoms with van der Waals surface area (Å²) in [7, 11) is 0. The normalized spacial score (nSPS) is 17.9. The van der Waals surface area contributed by atoms with E-state index in [0.29, 0.717) is 49.3 Å². The molecule has 0 unspecified atom stereocenters. The Labute approximate surface area is 172 Å². The van der Waals surface area contributed by atoms with Crippen molar-refractivity contribution in [2.75, 3.05) is 19.8 Å². The molecular weight excluding hydrogens is 386 g/mol. The van der Waals surface area contributed by atoms with E-state index in [1.165, 1.54) is 17.0 Å². The molecule has 30 heavy (non-hydrogen) atoms. The maximum atomic E-state index is 12.7. The second-order valence-corrected chi connectivity index (χ2v) is 7.37. The molecule has 1 saturated heterocycles. The lowest BCUT2D eigenvalue weighted by Crippen LogP contribution is -2.40. The molecule has 4 heterocycles. The van der Waals surface area contributed by atoms with Gasteiger partial charge < -0.3 is 18.8 Å². The molecule has 1 atom stereocenters. The average molecular weight is 407 g/mol. The second kappa shape index (κ2) is 7.70. The van der Waals surface area contributed by atoms with Gasteiger partial charge >= 0.3 is 0 Å². The van der Waals surface area contributed by atoms with Crippen molar-refractivity contribution in [1.82, 2.24) is 14.7 Å². The predicted molar refractivity (Wildman–Crippen MR) is 108 cm³/mol. The number of nitrogens with zero attached hydrogens (tertiary/aromatic N) is 3. The number of hydrogen-bond donors (Lipinski definition) is 0. The fourth-order valence-electron chi connectivity index (χ4n) is 3.97. The van der Waals surface area contributed by atoms with Gasteiger partial charge in [0.05, 0.1) is 24.5 Å². The van der Waals surface area contributed by atoms with E-state index in [2.05, 4.69) is 5.10 Å². The van der Waals surface area contributed by atoms with Gasteiger partial charge in [0, 0.05) is 18.2 Å². The highest BCUT2D eigenvalue weighted by Crippen LogP contribution is 2.33. The topological polar surface area (TPSA) is 86.8 Å². The lowest BCUT2D eigenvalue weighted by atomic mass is 10.1. The fourth-order valence-corrected chi connectivity index (χ4v) is 3.97. The van der Waals surface area contributed by atoms with Crippen LogP contribution < -0.4 is 15.0 Å². The summed E-state index contributed by atoms with van der Waals surface area (Å²) in [6, 6.07) is 12.1. The Morgan fingerprint density at radius 1 is 1.10 bits per heavy atom. The predicted octanol–water partition coefficient (Wildman–Crippen LogP) is 2.58. The number of ether oxygens (including phenoxy) is 2. The molecule has 1 aromatic carbocycles. The maximum absolute atomic E-state index is 12.7. The van der Waals surface area contributed by atoms with Crippen LogP contribution in [-0.2, 0) is 6.54 Å². The van der Waals surface area contributed by atoms with E-state index in [0.717, 1.165) is 18.4 Å². The summed E-state index contributed by atoms with van der Waals surface area (Å²) in [4.78, 5) is 26.9. The van der Waals surface area contributed by atoms with Crippen LogP contribution in [0.3, 0.4) is 0 Å². The molecule has 0 saturated carbocycles. The van der Waals surface area contributed by atoms with Gasteiger partial charge in [-0.05, 0) is 49.2 Å². The highest BCUT2D eigenvalue weighted by Gasteiger charge is 2.31. The van der Waals surface area contributed by atoms with Gasteiger partial charge in [-0.2, -0.15) is 5.10 Å². The van der Waals surface area contributed by atoms with Crippen LogP contribution in [0.15, 0.2) is 57.9 Å². The summed E-state index contributed by atoms with van der Waals surface area (Å²) in [5.74, 6) is 1.53. The summed E-state index contributed by atoms with van der Waals surface area (Å²) >= 11 is 0. The van der Waals surface area contributed by atoms with Gasteiger partial charge in [-0.25, -0.2) is 4.68 Å². The Balaban J connectivity index is 1.40. The van der Waals surface area contributed by atoms with E-state index >= 15 is 0 Å². The minimum atomic E-state index is -0.200. The number of fused-ring (bicyclic) bond motifs is 1. The van der Waals surface area contributed by atoms with Crippen LogP contribution >= 0.6 is 0 Å². The van der Waals surface area contributed by atoms with Crippen molar-refractivity contribution in [1.29, 1.82) is 0 Å². The summed E-state index contributed by atoms with van der Waals surface area (Å²) in [6.45, 7) is 2.01. The molecule has 0 spiro atoms. The van der Waals surface area contributed by atoms with Gasteiger partial charge in [0.2, 0.25) is 0 Å². The molecule has 1 amide bonds. The van der Waals surface area contributed by atoms with Crippen molar-refractivity contribution in [3.63, 3.8) is 0 Å². The lowest BCUT2D eigenvalue weighted by molar-refractivity contribution is 0.0688. The third-order valence-corrected chi connectivity index (χ3v) is 5.46. The van der Waals surface area contributed by atoms with Crippen LogP contribution in [0, 0.1) is 0 Å². The number of carbonyl (C=O) groups excluding carboxylic acids is 1. The zero-order chi connectivity index (χ0) is 20.5. The number of carbonyl (C=O) groups is 1. The summed E-state index contributed by atoms with van der Waals surface area (Å²) < 4.78 is 17.9. The van der Waals surface area contributed by atoms with Crippen molar-refractivity contribution < 1.29 is 18.7 Å². The number of benzene rings is 1. The summed E-state index contributed by atoms with van der Waals surface area (Å²) in [6.07, 6.45) is 3.18. The molecule has 8 heteroatoms. The highest BCUT2D eigenvalue weighted by atomic mass is 16.6. The van der Waals surface area contributed by atoms with Crippen LogP contribution in [0.1, 0.15) is 23.4 Å². The van der Waals surface area contributed by atoms with E-state index in [-0.39, 0.29) is 17.5 Å². The summed E-state index contributed by atoms with van der Waals surface area (Å²) in [5.41, 5.74) is 1.30. The third kappa shape index (κ3) is 3.45. The van der Waals surface area contributed by atoms with E-state index in [1.807, 2.05) is 18.2 Å². The van der Waals surface area contributed by atoms with E-state index in [1.54, 1.807) is 23.1 Å². The zero-order valence-corrected chi connectivity index (χ0v) is 16.3. The number of amides is 1. The van der Waals surface area contributed by atoms with Gasteiger partial charge in [-0.15, -0.1) is 0 Å². The molecule has 154 valence electrons. The first-order chi connectivity index (χ1) is 14.7. The smallest absolute Gasteiger partial charge is 0.289 e. The van der Waals surface area contributed by atoms with E-state index < -0.39 is 0 Å². The van der Waals surface area contributed by atoms with Crippen LogP contribution in [-0.4, -0.2) is 46.4 Å². The second-order valence-electron chi connectivity index (χ2n) is 7.37. The Kier molecular flexibility index (Phi) is 4.74. The van der Waals surface area contributed by atoms with Gasteiger partial charge in [0.15, 0.2) is 17.3 Å². The molecule has 0 aliphatic carbocycles. The maximum Gasteiger partial charge on any atom is 0.289 e. The van der Waals surface area contributed by atoms with E-state index in [9.17, 15) is 9.59 Å². The molecule has 5 rings (SSSR count). The number of aromatic nitrogens is 2. The SMILES string of the molecule is O=C(c1ccco1)N1CCC[C@H]1Cn1nc(-c2ccc3c(c2)OCCO3)ccc1=O. The van der Waals surface area contributed by atoms with Crippen molar-refractivity contribution in [2.24, 2.45) is 0 Å². The fraction of sp³-hybridized carbons (Fsp3) is 0.318. The Bertz CT molecular complexity index is 1120. The largest absolute Gasteiger partial charge is 0.486 e. The molecule has 2 aromatic heterocycles. The third-order valence-electron chi connectivity index (χ3n) is 5.46. The summed E-state index contributed by atoms with van der Waals surface area (Å²) in [5, 5.41) is 4.56. The van der Waals surface area contributed by atoms with Crippen molar-refractivity contribution >= 4 is 5.91 Å². The van der Waals surface area contributed by atoms with Crippen LogP contribution in [0.25, 0.3) is 11.3 Å². The molecule has 2 aliphatic rings. The first-order valence-corrected chi connectivity index (χ1v) is 10.0. The Morgan fingerprint density at radius 3 is 2.80 bits per heavy atom. The highest BCUT2D eigenvalue weighted by molar-refractivity contribution is 5.91. The number of likely N-dealkylation sites (tertiary alicyclic amines) is 1. The standard InChI is InChI=1S/C22H21N3O5/c26-21-8-6-17(15-5-7-18-20(13-15)30-12-11-29-18)23-25(21)14-16-3-1-9-24(16)22(27)19-4-2-10-28-19/h2,4-8,10,13,16H,1,3,9,11-12,14H2/t16-/m0/s1. The number of rotatable bonds is 4.